The summed E-state index contributed by atoms with van der Waals surface area (Å²) in [5.74, 6) is -0.461. The zero-order valence-corrected chi connectivity index (χ0v) is 14.8. The summed E-state index contributed by atoms with van der Waals surface area (Å²) in [6.07, 6.45) is 0. The lowest BCUT2D eigenvalue weighted by Gasteiger charge is -2.26. The quantitative estimate of drug-likeness (QED) is 0.660. The zero-order valence-electron chi connectivity index (χ0n) is 14.0. The Morgan fingerprint density at radius 2 is 1.50 bits per heavy atom. The van der Waals surface area contributed by atoms with Crippen LogP contribution in [-0.4, -0.2) is 46.9 Å². The van der Waals surface area contributed by atoms with Crippen molar-refractivity contribution in [3.05, 3.63) is 53.6 Å². The third-order valence-corrected chi connectivity index (χ3v) is 4.51. The number of hydrogen-bond acceptors (Lipinski definition) is 5. The van der Waals surface area contributed by atoms with Gasteiger partial charge in [0.05, 0.1) is 11.4 Å². The molecule has 0 fully saturated rings. The van der Waals surface area contributed by atoms with Crippen molar-refractivity contribution in [1.82, 2.24) is 0 Å². The summed E-state index contributed by atoms with van der Waals surface area (Å²) < 4.78 is 33.9. The van der Waals surface area contributed by atoms with E-state index in [9.17, 15) is 17.8 Å². The number of carbonyl (C=O) groups is 1. The first kappa shape index (κ1) is 18.0. The van der Waals surface area contributed by atoms with Crippen molar-refractivity contribution >= 4 is 27.3 Å². The van der Waals surface area contributed by atoms with Gasteiger partial charge in [0, 0.05) is 39.3 Å². The van der Waals surface area contributed by atoms with Crippen molar-refractivity contribution in [2.24, 2.45) is 0 Å². The SMILES string of the molecule is CN(C)c1ccc(C(=O)c2ccccc2)c(S(=O)(=O)O)c1N(C)C. The van der Waals surface area contributed by atoms with Crippen LogP contribution in [0.25, 0.3) is 0 Å². The van der Waals surface area contributed by atoms with E-state index in [-0.39, 0.29) is 16.1 Å². The van der Waals surface area contributed by atoms with Gasteiger partial charge in [-0.25, -0.2) is 0 Å². The van der Waals surface area contributed by atoms with Gasteiger partial charge in [-0.05, 0) is 12.1 Å². The summed E-state index contributed by atoms with van der Waals surface area (Å²) in [5, 5.41) is 0. The van der Waals surface area contributed by atoms with Gasteiger partial charge in [0.15, 0.2) is 5.78 Å². The Labute approximate surface area is 142 Å². The van der Waals surface area contributed by atoms with Crippen LogP contribution < -0.4 is 9.80 Å². The molecule has 2 aromatic rings. The Hall–Kier alpha value is -2.38. The Morgan fingerprint density at radius 3 is 1.96 bits per heavy atom. The largest absolute Gasteiger partial charge is 0.376 e. The van der Waals surface area contributed by atoms with Crippen LogP contribution in [0.5, 0.6) is 0 Å². The average molecular weight is 348 g/mol. The minimum Gasteiger partial charge on any atom is -0.376 e. The van der Waals surface area contributed by atoms with Crippen LogP contribution in [-0.2, 0) is 10.1 Å². The summed E-state index contributed by atoms with van der Waals surface area (Å²) in [6.45, 7) is 0. The van der Waals surface area contributed by atoms with E-state index in [1.807, 2.05) is 0 Å². The molecule has 6 nitrogen and oxygen atoms in total. The smallest absolute Gasteiger partial charge is 0.297 e. The Kier molecular flexibility index (Phi) is 4.96. The monoisotopic (exact) mass is 348 g/mol. The minimum absolute atomic E-state index is 0.0574. The molecule has 0 aliphatic rings. The molecule has 0 aliphatic heterocycles. The van der Waals surface area contributed by atoms with Gasteiger partial charge >= 0.3 is 0 Å². The topological polar surface area (TPSA) is 77.9 Å². The van der Waals surface area contributed by atoms with E-state index >= 15 is 0 Å². The standard InChI is InChI=1S/C17H20N2O4S/c1-18(2)14-11-10-13(16(20)12-8-6-5-7-9-12)17(24(21,22)23)15(14)19(3)4/h5-11H,1-4H3,(H,21,22,23). The van der Waals surface area contributed by atoms with Gasteiger partial charge in [-0.2, -0.15) is 8.42 Å². The van der Waals surface area contributed by atoms with Gasteiger partial charge in [0.1, 0.15) is 4.90 Å². The molecule has 0 aliphatic carbocycles. The highest BCUT2D eigenvalue weighted by Gasteiger charge is 2.29. The van der Waals surface area contributed by atoms with Crippen molar-refractivity contribution < 1.29 is 17.8 Å². The first-order chi connectivity index (χ1) is 11.1. The predicted octanol–water partition coefficient (Wildman–Crippen LogP) is 2.30. The number of rotatable bonds is 5. The number of ketones is 1. The van der Waals surface area contributed by atoms with Crippen LogP contribution in [0.3, 0.4) is 0 Å². The van der Waals surface area contributed by atoms with Crippen molar-refractivity contribution in [2.75, 3.05) is 38.0 Å². The average Bonchev–Trinajstić information content (AvgIpc) is 2.52. The molecule has 0 spiro atoms. The van der Waals surface area contributed by atoms with Gasteiger partial charge < -0.3 is 9.80 Å². The van der Waals surface area contributed by atoms with Gasteiger partial charge in [0.25, 0.3) is 10.1 Å². The summed E-state index contributed by atoms with van der Waals surface area (Å²) in [5.41, 5.74) is 1.14. The molecule has 0 amide bonds. The molecule has 128 valence electrons. The van der Waals surface area contributed by atoms with Crippen molar-refractivity contribution in [3.63, 3.8) is 0 Å². The Bertz CT molecular complexity index is 860. The molecule has 0 atom stereocenters. The summed E-state index contributed by atoms with van der Waals surface area (Å²) in [6, 6.07) is 11.5. The highest BCUT2D eigenvalue weighted by molar-refractivity contribution is 7.86. The lowest BCUT2D eigenvalue weighted by molar-refractivity contribution is 0.103. The third kappa shape index (κ3) is 3.42. The maximum Gasteiger partial charge on any atom is 0.297 e. The van der Waals surface area contributed by atoms with E-state index in [1.54, 1.807) is 74.4 Å². The molecular formula is C17H20N2O4S. The lowest BCUT2D eigenvalue weighted by atomic mass is 10.0. The lowest BCUT2D eigenvalue weighted by Crippen LogP contribution is -2.22. The minimum atomic E-state index is -4.61. The van der Waals surface area contributed by atoms with Crippen molar-refractivity contribution in [2.45, 2.75) is 4.90 Å². The fourth-order valence-corrected chi connectivity index (χ4v) is 3.51. The molecule has 0 radical (unpaired) electrons. The molecule has 1 N–H and O–H groups in total. The normalized spacial score (nSPS) is 11.2. The second kappa shape index (κ2) is 6.62. The highest BCUT2D eigenvalue weighted by atomic mass is 32.2. The van der Waals surface area contributed by atoms with E-state index in [4.69, 9.17) is 0 Å². The van der Waals surface area contributed by atoms with Crippen LogP contribution in [0.2, 0.25) is 0 Å². The molecule has 7 heteroatoms. The summed E-state index contributed by atoms with van der Waals surface area (Å²) >= 11 is 0. The fourth-order valence-electron chi connectivity index (χ4n) is 2.54. The number of anilines is 2. The van der Waals surface area contributed by atoms with Crippen LogP contribution in [0.15, 0.2) is 47.4 Å². The molecule has 0 heterocycles. The molecule has 0 saturated carbocycles. The van der Waals surface area contributed by atoms with Crippen molar-refractivity contribution in [1.29, 1.82) is 0 Å². The molecule has 24 heavy (non-hydrogen) atoms. The first-order valence-corrected chi connectivity index (χ1v) is 8.67. The molecule has 2 aromatic carbocycles. The number of carbonyl (C=O) groups excluding carboxylic acids is 1. The first-order valence-electron chi connectivity index (χ1n) is 7.23. The van der Waals surface area contributed by atoms with E-state index in [0.717, 1.165) is 0 Å². The maximum absolute atomic E-state index is 12.8. The summed E-state index contributed by atoms with van der Waals surface area (Å²) in [7, 11) is 2.23. The van der Waals surface area contributed by atoms with Gasteiger partial charge in [-0.15, -0.1) is 0 Å². The van der Waals surface area contributed by atoms with E-state index in [1.165, 1.54) is 6.07 Å². The molecular weight excluding hydrogens is 328 g/mol. The Balaban J connectivity index is 2.83. The number of hydrogen-bond donors (Lipinski definition) is 1. The molecule has 0 bridgehead atoms. The van der Waals surface area contributed by atoms with Gasteiger partial charge in [0.2, 0.25) is 0 Å². The third-order valence-electron chi connectivity index (χ3n) is 3.58. The second-order valence-electron chi connectivity index (χ2n) is 5.77. The Morgan fingerprint density at radius 1 is 0.917 bits per heavy atom. The van der Waals surface area contributed by atoms with Crippen LogP contribution in [0.4, 0.5) is 11.4 Å². The zero-order chi connectivity index (χ0) is 18.1. The number of nitrogens with zero attached hydrogens (tertiary/aromatic N) is 2. The van der Waals surface area contributed by atoms with Crippen LogP contribution >= 0.6 is 0 Å². The molecule has 0 saturated heterocycles. The molecule has 0 aromatic heterocycles. The van der Waals surface area contributed by atoms with E-state index < -0.39 is 15.9 Å². The maximum atomic E-state index is 12.8. The predicted molar refractivity (Wildman–Crippen MR) is 94.8 cm³/mol. The number of benzene rings is 2. The fraction of sp³-hybridized carbons (Fsp3) is 0.235. The highest BCUT2D eigenvalue weighted by Crippen LogP contribution is 2.37. The summed E-state index contributed by atoms with van der Waals surface area (Å²) in [4.78, 5) is 15.7. The second-order valence-corrected chi connectivity index (χ2v) is 7.13. The molecule has 2 rings (SSSR count). The van der Waals surface area contributed by atoms with Crippen LogP contribution in [0.1, 0.15) is 15.9 Å². The molecule has 0 unspecified atom stereocenters. The van der Waals surface area contributed by atoms with Gasteiger partial charge in [-0.3, -0.25) is 9.35 Å². The van der Waals surface area contributed by atoms with Gasteiger partial charge in [-0.1, -0.05) is 30.3 Å². The van der Waals surface area contributed by atoms with E-state index in [2.05, 4.69) is 0 Å². The van der Waals surface area contributed by atoms with Crippen LogP contribution in [0, 0.1) is 0 Å². The van der Waals surface area contributed by atoms with Crippen molar-refractivity contribution in [3.8, 4) is 0 Å². The van der Waals surface area contributed by atoms with E-state index in [0.29, 0.717) is 11.3 Å².